The summed E-state index contributed by atoms with van der Waals surface area (Å²) >= 11 is 4.21. The van der Waals surface area contributed by atoms with E-state index in [9.17, 15) is 0 Å². The van der Waals surface area contributed by atoms with Crippen LogP contribution in [0.25, 0.3) is 0 Å². The molecule has 0 aliphatic carbocycles. The fourth-order valence-corrected chi connectivity index (χ4v) is 1.72. The van der Waals surface area contributed by atoms with Crippen molar-refractivity contribution in [2.75, 3.05) is 43.6 Å². The van der Waals surface area contributed by atoms with Crippen LogP contribution >= 0.6 is 12.6 Å². The molecular formula is C13H21N5OS. The highest BCUT2D eigenvalue weighted by Gasteiger charge is 2.10. The molecule has 0 aromatic carbocycles. The standard InChI is InChI=1S/C13H21N5OS/c1-4-8-18(9-5-2)12-15-11(16-13(20)17-12)14-7-6-10-19-3/h4-5H,1-2,6-10H2,3H3,(H2,14,15,16,17,20). The first-order valence-electron chi connectivity index (χ1n) is 6.35. The highest BCUT2D eigenvalue weighted by Crippen LogP contribution is 2.13. The number of ether oxygens (including phenoxy) is 1. The average Bonchev–Trinajstić information content (AvgIpc) is 2.43. The molecule has 1 aromatic heterocycles. The Kier molecular flexibility index (Phi) is 7.67. The summed E-state index contributed by atoms with van der Waals surface area (Å²) in [6.07, 6.45) is 4.46. The Labute approximate surface area is 125 Å². The lowest BCUT2D eigenvalue weighted by atomic mass is 10.4. The van der Waals surface area contributed by atoms with Gasteiger partial charge in [0.2, 0.25) is 11.9 Å². The summed E-state index contributed by atoms with van der Waals surface area (Å²) in [6, 6.07) is 0. The van der Waals surface area contributed by atoms with Gasteiger partial charge in [0.25, 0.3) is 0 Å². The van der Waals surface area contributed by atoms with Crippen LogP contribution in [-0.2, 0) is 4.74 Å². The zero-order chi connectivity index (χ0) is 14.8. The van der Waals surface area contributed by atoms with Crippen molar-refractivity contribution in [3.05, 3.63) is 25.3 Å². The van der Waals surface area contributed by atoms with E-state index in [2.05, 4.69) is 46.1 Å². The summed E-state index contributed by atoms with van der Waals surface area (Å²) in [4.78, 5) is 14.7. The fourth-order valence-electron chi connectivity index (χ4n) is 1.54. The molecule has 0 fully saturated rings. The molecule has 0 atom stereocenters. The first-order valence-corrected chi connectivity index (χ1v) is 6.80. The normalized spacial score (nSPS) is 10.1. The van der Waals surface area contributed by atoms with Gasteiger partial charge in [-0.2, -0.15) is 15.0 Å². The third-order valence-electron chi connectivity index (χ3n) is 2.40. The highest BCUT2D eigenvalue weighted by atomic mass is 32.1. The van der Waals surface area contributed by atoms with E-state index in [1.165, 1.54) is 0 Å². The van der Waals surface area contributed by atoms with E-state index in [0.29, 0.717) is 36.7 Å². The van der Waals surface area contributed by atoms with Crippen molar-refractivity contribution in [1.82, 2.24) is 15.0 Å². The number of rotatable bonds is 10. The Hall–Kier alpha value is -1.60. The molecule has 20 heavy (non-hydrogen) atoms. The Morgan fingerprint density at radius 2 is 1.95 bits per heavy atom. The van der Waals surface area contributed by atoms with Gasteiger partial charge in [-0.3, -0.25) is 0 Å². The number of hydrogen-bond acceptors (Lipinski definition) is 7. The molecule has 0 aliphatic rings. The molecule has 1 aromatic rings. The minimum atomic E-state index is 0.377. The summed E-state index contributed by atoms with van der Waals surface area (Å²) in [5.41, 5.74) is 0. The van der Waals surface area contributed by atoms with E-state index >= 15 is 0 Å². The molecule has 0 radical (unpaired) electrons. The Morgan fingerprint density at radius 1 is 1.25 bits per heavy atom. The minimum absolute atomic E-state index is 0.377. The summed E-state index contributed by atoms with van der Waals surface area (Å²) in [5, 5.41) is 3.51. The average molecular weight is 295 g/mol. The third kappa shape index (κ3) is 5.58. The molecular weight excluding hydrogens is 274 g/mol. The maximum absolute atomic E-state index is 4.99. The van der Waals surface area contributed by atoms with Gasteiger partial charge in [-0.25, -0.2) is 0 Å². The van der Waals surface area contributed by atoms with Gasteiger partial charge in [0, 0.05) is 33.4 Å². The van der Waals surface area contributed by atoms with Crippen LogP contribution in [0.15, 0.2) is 30.5 Å². The van der Waals surface area contributed by atoms with Gasteiger partial charge in [0.1, 0.15) is 0 Å². The largest absolute Gasteiger partial charge is 0.385 e. The predicted octanol–water partition coefficient (Wildman–Crippen LogP) is 1.79. The third-order valence-corrected chi connectivity index (χ3v) is 2.60. The molecule has 110 valence electrons. The number of nitrogens with one attached hydrogen (secondary N) is 1. The van der Waals surface area contributed by atoms with Crippen LogP contribution in [0.2, 0.25) is 0 Å². The molecule has 0 saturated heterocycles. The second-order valence-electron chi connectivity index (χ2n) is 4.01. The lowest BCUT2D eigenvalue weighted by molar-refractivity contribution is 0.197. The van der Waals surface area contributed by atoms with Crippen molar-refractivity contribution in [2.24, 2.45) is 0 Å². The molecule has 1 rings (SSSR count). The SMILES string of the molecule is C=CCN(CC=C)c1nc(S)nc(NCCCOC)n1. The molecule has 1 heterocycles. The van der Waals surface area contributed by atoms with E-state index in [0.717, 1.165) is 13.0 Å². The molecule has 7 heteroatoms. The summed E-state index contributed by atoms with van der Waals surface area (Å²) in [5.74, 6) is 1.06. The van der Waals surface area contributed by atoms with Crippen molar-refractivity contribution >= 4 is 24.5 Å². The molecule has 1 N–H and O–H groups in total. The van der Waals surface area contributed by atoms with Gasteiger partial charge < -0.3 is 15.0 Å². The topological polar surface area (TPSA) is 63.2 Å². The summed E-state index contributed by atoms with van der Waals surface area (Å²) in [7, 11) is 1.68. The van der Waals surface area contributed by atoms with Gasteiger partial charge in [-0.1, -0.05) is 12.2 Å². The van der Waals surface area contributed by atoms with E-state index in [-0.39, 0.29) is 0 Å². The van der Waals surface area contributed by atoms with E-state index in [4.69, 9.17) is 4.74 Å². The zero-order valence-corrected chi connectivity index (χ0v) is 12.6. The van der Waals surface area contributed by atoms with E-state index in [1.54, 1.807) is 19.3 Å². The first-order chi connectivity index (χ1) is 9.71. The molecule has 0 saturated carbocycles. The Balaban J connectivity index is 2.77. The van der Waals surface area contributed by atoms with Crippen LogP contribution in [0.3, 0.4) is 0 Å². The molecule has 0 unspecified atom stereocenters. The van der Waals surface area contributed by atoms with Crippen LogP contribution in [0.1, 0.15) is 6.42 Å². The Morgan fingerprint density at radius 3 is 2.55 bits per heavy atom. The highest BCUT2D eigenvalue weighted by molar-refractivity contribution is 7.80. The second-order valence-corrected chi connectivity index (χ2v) is 4.41. The minimum Gasteiger partial charge on any atom is -0.385 e. The van der Waals surface area contributed by atoms with Crippen LogP contribution in [0.4, 0.5) is 11.9 Å². The number of aromatic nitrogens is 3. The van der Waals surface area contributed by atoms with Gasteiger partial charge in [0.15, 0.2) is 5.16 Å². The predicted molar refractivity (Wildman–Crippen MR) is 84.7 cm³/mol. The van der Waals surface area contributed by atoms with Gasteiger partial charge in [-0.15, -0.1) is 25.8 Å². The van der Waals surface area contributed by atoms with Gasteiger partial charge in [-0.05, 0) is 6.42 Å². The van der Waals surface area contributed by atoms with Crippen molar-refractivity contribution in [3.8, 4) is 0 Å². The van der Waals surface area contributed by atoms with E-state index < -0.39 is 0 Å². The van der Waals surface area contributed by atoms with Crippen molar-refractivity contribution in [3.63, 3.8) is 0 Å². The van der Waals surface area contributed by atoms with Crippen LogP contribution in [0.5, 0.6) is 0 Å². The Bertz CT molecular complexity index is 431. The van der Waals surface area contributed by atoms with Crippen molar-refractivity contribution in [1.29, 1.82) is 0 Å². The van der Waals surface area contributed by atoms with E-state index in [1.807, 2.05) is 4.90 Å². The first kappa shape index (κ1) is 16.5. The van der Waals surface area contributed by atoms with Gasteiger partial charge in [0.05, 0.1) is 0 Å². The maximum Gasteiger partial charge on any atom is 0.231 e. The molecule has 0 spiro atoms. The number of methoxy groups -OCH3 is 1. The van der Waals surface area contributed by atoms with Crippen LogP contribution in [-0.4, -0.2) is 48.3 Å². The van der Waals surface area contributed by atoms with Gasteiger partial charge >= 0.3 is 0 Å². The van der Waals surface area contributed by atoms with Crippen LogP contribution < -0.4 is 10.2 Å². The van der Waals surface area contributed by atoms with Crippen molar-refractivity contribution < 1.29 is 4.74 Å². The lowest BCUT2D eigenvalue weighted by Crippen LogP contribution is -2.26. The number of nitrogens with zero attached hydrogens (tertiary/aromatic N) is 4. The molecule has 0 aliphatic heterocycles. The number of anilines is 2. The quantitative estimate of drug-likeness (QED) is 0.390. The summed E-state index contributed by atoms with van der Waals surface area (Å²) in [6.45, 7) is 10.1. The lowest BCUT2D eigenvalue weighted by Gasteiger charge is -2.19. The molecule has 0 bridgehead atoms. The molecule has 6 nitrogen and oxygen atoms in total. The summed E-state index contributed by atoms with van der Waals surface area (Å²) < 4.78 is 4.99. The van der Waals surface area contributed by atoms with Crippen LogP contribution in [0, 0.1) is 0 Å². The number of hydrogen-bond donors (Lipinski definition) is 2. The monoisotopic (exact) mass is 295 g/mol. The maximum atomic E-state index is 4.99. The number of thiol groups is 1. The zero-order valence-electron chi connectivity index (χ0n) is 11.7. The fraction of sp³-hybridized carbons (Fsp3) is 0.462. The molecule has 0 amide bonds. The van der Waals surface area contributed by atoms with Crippen molar-refractivity contribution in [2.45, 2.75) is 11.6 Å². The second kappa shape index (κ2) is 9.33. The smallest absolute Gasteiger partial charge is 0.231 e.